The Morgan fingerprint density at radius 3 is 2.50 bits per heavy atom. The van der Waals surface area contributed by atoms with Crippen LogP contribution in [0.5, 0.6) is 0 Å². The first kappa shape index (κ1) is 8.46. The van der Waals surface area contributed by atoms with Crippen LogP contribution in [0.2, 0.25) is 0 Å². The number of hydrogen-bond donors (Lipinski definition) is 0. The summed E-state index contributed by atoms with van der Waals surface area (Å²) in [6.45, 7) is 0. The molecule has 1 aromatic heterocycles. The molecular formula is C12H7N2. The van der Waals surface area contributed by atoms with Gasteiger partial charge in [-0.05, 0) is 23.8 Å². The summed E-state index contributed by atoms with van der Waals surface area (Å²) < 4.78 is 0. The second-order valence-corrected chi connectivity index (χ2v) is 2.86. The number of hydrogen-bond acceptors (Lipinski definition) is 2. The Morgan fingerprint density at radius 1 is 1.14 bits per heavy atom. The molecule has 0 aliphatic carbocycles. The number of nitriles is 1. The molecule has 2 heteroatoms. The van der Waals surface area contributed by atoms with E-state index in [-0.39, 0.29) is 0 Å². The van der Waals surface area contributed by atoms with Crippen molar-refractivity contribution in [3.8, 4) is 17.2 Å². The fraction of sp³-hybridized carbons (Fsp3) is 0. The Balaban J connectivity index is 2.40. The summed E-state index contributed by atoms with van der Waals surface area (Å²) >= 11 is 0. The zero-order valence-electron chi connectivity index (χ0n) is 7.44. The average Bonchev–Trinajstić information content (AvgIpc) is 2.30. The molecular weight excluding hydrogens is 172 g/mol. The topological polar surface area (TPSA) is 36.7 Å². The van der Waals surface area contributed by atoms with E-state index in [0.717, 1.165) is 11.1 Å². The van der Waals surface area contributed by atoms with Gasteiger partial charge in [0.2, 0.25) is 0 Å². The number of pyridine rings is 1. The molecule has 0 spiro atoms. The quantitative estimate of drug-likeness (QED) is 0.674. The van der Waals surface area contributed by atoms with Crippen LogP contribution in [0.3, 0.4) is 0 Å². The van der Waals surface area contributed by atoms with Gasteiger partial charge in [-0.2, -0.15) is 5.26 Å². The van der Waals surface area contributed by atoms with Crippen LogP contribution >= 0.6 is 0 Å². The van der Waals surface area contributed by atoms with Crippen LogP contribution in [-0.4, -0.2) is 4.98 Å². The SMILES string of the molecule is N#Cc1ccc(-c2c[c]cnc2)cc1. The minimum absolute atomic E-state index is 0.668. The van der Waals surface area contributed by atoms with Gasteiger partial charge in [0.05, 0.1) is 11.6 Å². The molecule has 1 aromatic carbocycles. The minimum atomic E-state index is 0.668. The third-order valence-corrected chi connectivity index (χ3v) is 1.95. The van der Waals surface area contributed by atoms with Gasteiger partial charge in [-0.15, -0.1) is 0 Å². The van der Waals surface area contributed by atoms with Gasteiger partial charge in [-0.25, -0.2) is 0 Å². The van der Waals surface area contributed by atoms with Gasteiger partial charge in [0, 0.05) is 24.0 Å². The molecule has 14 heavy (non-hydrogen) atoms. The monoisotopic (exact) mass is 179 g/mol. The highest BCUT2D eigenvalue weighted by atomic mass is 14.6. The van der Waals surface area contributed by atoms with E-state index in [2.05, 4.69) is 17.1 Å². The predicted octanol–water partition coefficient (Wildman–Crippen LogP) is 2.42. The minimum Gasteiger partial charge on any atom is -0.263 e. The zero-order valence-corrected chi connectivity index (χ0v) is 7.44. The molecule has 65 valence electrons. The lowest BCUT2D eigenvalue weighted by atomic mass is 10.1. The molecule has 0 aliphatic rings. The summed E-state index contributed by atoms with van der Waals surface area (Å²) in [5.74, 6) is 0. The molecule has 0 bridgehead atoms. The Labute approximate surface area is 82.5 Å². The Morgan fingerprint density at radius 2 is 1.93 bits per heavy atom. The van der Waals surface area contributed by atoms with E-state index in [1.54, 1.807) is 24.5 Å². The molecule has 0 saturated carbocycles. The highest BCUT2D eigenvalue weighted by Crippen LogP contribution is 2.17. The molecule has 0 fully saturated rings. The van der Waals surface area contributed by atoms with E-state index in [0.29, 0.717) is 5.56 Å². The van der Waals surface area contributed by atoms with Gasteiger partial charge in [0.1, 0.15) is 0 Å². The molecule has 0 saturated heterocycles. The van der Waals surface area contributed by atoms with Crippen LogP contribution in [0.4, 0.5) is 0 Å². The number of nitrogens with zero attached hydrogens (tertiary/aromatic N) is 2. The fourth-order valence-corrected chi connectivity index (χ4v) is 1.22. The van der Waals surface area contributed by atoms with Gasteiger partial charge in [0.25, 0.3) is 0 Å². The fourth-order valence-electron chi connectivity index (χ4n) is 1.22. The molecule has 0 aliphatic heterocycles. The maximum atomic E-state index is 8.63. The lowest BCUT2D eigenvalue weighted by Gasteiger charge is -1.99. The van der Waals surface area contributed by atoms with E-state index in [9.17, 15) is 0 Å². The van der Waals surface area contributed by atoms with Crippen LogP contribution in [0.15, 0.2) is 42.7 Å². The standard InChI is InChI=1S/C12H7N2/c13-8-10-3-5-11(6-4-10)12-2-1-7-14-9-12/h2-7,9H. The van der Waals surface area contributed by atoms with Crippen molar-refractivity contribution in [2.75, 3.05) is 0 Å². The van der Waals surface area contributed by atoms with Crippen molar-refractivity contribution in [1.29, 1.82) is 5.26 Å². The third kappa shape index (κ3) is 1.62. The van der Waals surface area contributed by atoms with E-state index in [1.807, 2.05) is 18.2 Å². The second kappa shape index (κ2) is 3.71. The van der Waals surface area contributed by atoms with E-state index in [4.69, 9.17) is 5.26 Å². The lowest BCUT2D eigenvalue weighted by molar-refractivity contribution is 1.32. The summed E-state index contributed by atoms with van der Waals surface area (Å²) in [4.78, 5) is 3.98. The van der Waals surface area contributed by atoms with Crippen LogP contribution in [0.1, 0.15) is 5.56 Å². The maximum Gasteiger partial charge on any atom is 0.0991 e. The molecule has 0 atom stereocenters. The molecule has 1 radical (unpaired) electrons. The predicted molar refractivity (Wildman–Crippen MR) is 53.2 cm³/mol. The highest BCUT2D eigenvalue weighted by Gasteiger charge is 1.96. The van der Waals surface area contributed by atoms with Crippen LogP contribution < -0.4 is 0 Å². The summed E-state index contributed by atoms with van der Waals surface area (Å²) in [6.07, 6.45) is 3.39. The van der Waals surface area contributed by atoms with E-state index >= 15 is 0 Å². The molecule has 2 nitrogen and oxygen atoms in total. The van der Waals surface area contributed by atoms with Crippen molar-refractivity contribution in [3.05, 3.63) is 54.4 Å². The summed E-state index contributed by atoms with van der Waals surface area (Å²) in [5, 5.41) is 8.63. The van der Waals surface area contributed by atoms with Crippen molar-refractivity contribution < 1.29 is 0 Å². The van der Waals surface area contributed by atoms with Gasteiger partial charge in [0.15, 0.2) is 0 Å². The van der Waals surface area contributed by atoms with Gasteiger partial charge in [-0.3, -0.25) is 4.98 Å². The van der Waals surface area contributed by atoms with E-state index < -0.39 is 0 Å². The van der Waals surface area contributed by atoms with Crippen molar-refractivity contribution in [2.24, 2.45) is 0 Å². The normalized spacial score (nSPS) is 9.36. The molecule has 0 unspecified atom stereocenters. The van der Waals surface area contributed by atoms with Crippen molar-refractivity contribution in [2.45, 2.75) is 0 Å². The largest absolute Gasteiger partial charge is 0.263 e. The van der Waals surface area contributed by atoms with Crippen molar-refractivity contribution in [3.63, 3.8) is 0 Å². The molecule has 0 N–H and O–H groups in total. The molecule has 2 aromatic rings. The van der Waals surface area contributed by atoms with E-state index in [1.165, 1.54) is 0 Å². The molecule has 1 heterocycles. The van der Waals surface area contributed by atoms with Crippen LogP contribution in [0.25, 0.3) is 11.1 Å². The van der Waals surface area contributed by atoms with Crippen LogP contribution in [0, 0.1) is 17.4 Å². The Bertz CT molecular complexity index is 452. The average molecular weight is 179 g/mol. The smallest absolute Gasteiger partial charge is 0.0991 e. The number of rotatable bonds is 1. The first-order chi connectivity index (χ1) is 6.90. The zero-order chi connectivity index (χ0) is 9.80. The van der Waals surface area contributed by atoms with Gasteiger partial charge in [-0.1, -0.05) is 12.1 Å². The lowest BCUT2D eigenvalue weighted by Crippen LogP contribution is -1.79. The van der Waals surface area contributed by atoms with Crippen molar-refractivity contribution >= 4 is 0 Å². The summed E-state index contributed by atoms with van der Waals surface area (Å²) in [5.41, 5.74) is 2.73. The highest BCUT2D eigenvalue weighted by molar-refractivity contribution is 5.62. The number of benzene rings is 1. The van der Waals surface area contributed by atoms with Gasteiger partial charge >= 0.3 is 0 Å². The first-order valence-corrected chi connectivity index (χ1v) is 4.22. The Kier molecular flexibility index (Phi) is 2.24. The molecule has 2 rings (SSSR count). The third-order valence-electron chi connectivity index (χ3n) is 1.95. The Hall–Kier alpha value is -2.14. The number of aromatic nitrogens is 1. The second-order valence-electron chi connectivity index (χ2n) is 2.86. The van der Waals surface area contributed by atoms with Crippen molar-refractivity contribution in [1.82, 2.24) is 4.98 Å². The summed E-state index contributed by atoms with van der Waals surface area (Å²) in [6, 6.07) is 14.3. The summed E-state index contributed by atoms with van der Waals surface area (Å²) in [7, 11) is 0. The first-order valence-electron chi connectivity index (χ1n) is 4.22. The maximum absolute atomic E-state index is 8.63. The van der Waals surface area contributed by atoms with Crippen LogP contribution in [-0.2, 0) is 0 Å². The molecule has 0 amide bonds. The van der Waals surface area contributed by atoms with Gasteiger partial charge < -0.3 is 0 Å².